The van der Waals surface area contributed by atoms with E-state index in [2.05, 4.69) is 5.32 Å². The zero-order chi connectivity index (χ0) is 10.1. The molecule has 1 rings (SSSR count). The predicted molar refractivity (Wildman–Crippen MR) is 44.7 cm³/mol. The summed E-state index contributed by atoms with van der Waals surface area (Å²) in [6.07, 6.45) is -0.806. The van der Waals surface area contributed by atoms with Crippen LogP contribution < -0.4 is 56.7 Å². The van der Waals surface area contributed by atoms with E-state index in [1.807, 2.05) is 0 Å². The molecule has 0 radical (unpaired) electrons. The number of nitrogens with one attached hydrogen (secondary N) is 1. The second kappa shape index (κ2) is 11.6. The molecule has 1 fully saturated rings. The third-order valence-electron chi connectivity index (χ3n) is 1.15. The van der Waals surface area contributed by atoms with E-state index in [9.17, 15) is 9.59 Å². The number of rotatable bonds is 2. The number of morpholine rings is 1. The second-order valence-corrected chi connectivity index (χ2v) is 2.33. The smallest absolute Gasteiger partial charge is 1.00 e. The number of carboxylic acids is 2. The first-order chi connectivity index (χ1) is 6.13. The van der Waals surface area contributed by atoms with Gasteiger partial charge in [-0.05, 0) is 0 Å². The van der Waals surface area contributed by atoms with Crippen molar-refractivity contribution in [1.29, 1.82) is 0 Å². The van der Waals surface area contributed by atoms with Gasteiger partial charge in [0.2, 0.25) is 0 Å². The van der Waals surface area contributed by atoms with Gasteiger partial charge in [0, 0.05) is 13.1 Å². The van der Waals surface area contributed by atoms with Gasteiger partial charge in [-0.2, -0.15) is 0 Å². The summed E-state index contributed by atoms with van der Waals surface area (Å²) in [5.74, 6) is -2.62. The van der Waals surface area contributed by atoms with Gasteiger partial charge in [0.05, 0.1) is 13.2 Å². The van der Waals surface area contributed by atoms with E-state index in [1.54, 1.807) is 0 Å². The topological polar surface area (TPSA) is 95.9 Å². The molecule has 6 nitrogen and oxygen atoms in total. The Labute approximate surface area is 126 Å². The normalized spacial score (nSPS) is 14.3. The van der Waals surface area contributed by atoms with Gasteiger partial charge in [0.15, 0.2) is 0 Å². The largest absolute Gasteiger partial charge is 1.00 e. The molecule has 0 unspecified atom stereocenters. The van der Waals surface area contributed by atoms with Crippen molar-refractivity contribution in [3.63, 3.8) is 0 Å². The molecule has 0 amide bonds. The van der Waals surface area contributed by atoms with Crippen molar-refractivity contribution in [2.24, 2.45) is 0 Å². The fourth-order valence-electron chi connectivity index (χ4n) is 0.645. The molecule has 0 aliphatic carbocycles. The van der Waals surface area contributed by atoms with Crippen molar-refractivity contribution in [2.45, 2.75) is 6.42 Å². The Morgan fingerprint density at radius 3 is 1.71 bits per heavy atom. The van der Waals surface area contributed by atoms with Gasteiger partial charge in [0.25, 0.3) is 0 Å². The Kier molecular flexibility index (Phi) is 14.0. The van der Waals surface area contributed by atoms with Crippen LogP contribution in [0.15, 0.2) is 0 Å². The average Bonchev–Trinajstić information content (AvgIpc) is 2.06. The van der Waals surface area contributed by atoms with Crippen molar-refractivity contribution in [3.05, 3.63) is 0 Å². The molecular weight excluding hydrogens is 217 g/mol. The third kappa shape index (κ3) is 15.0. The van der Waals surface area contributed by atoms with Gasteiger partial charge in [-0.25, -0.2) is 0 Å². The van der Waals surface area contributed by atoms with Crippen LogP contribution in [0.2, 0.25) is 0 Å². The molecule has 1 saturated heterocycles. The molecule has 1 aliphatic heterocycles. The van der Waals surface area contributed by atoms with E-state index in [1.165, 1.54) is 0 Å². The number of carbonyl (C=O) groups is 2. The van der Waals surface area contributed by atoms with E-state index in [4.69, 9.17) is 14.9 Å². The molecule has 0 aromatic heterocycles. The molecule has 1 aliphatic rings. The maximum absolute atomic E-state index is 9.43. The first-order valence-electron chi connectivity index (χ1n) is 3.85. The van der Waals surface area contributed by atoms with Crippen LogP contribution in [0.5, 0.6) is 0 Å². The second-order valence-electron chi connectivity index (χ2n) is 2.33. The summed E-state index contributed by atoms with van der Waals surface area (Å²) in [6, 6.07) is 0. The number of carboxylic acid groups (broad SMARTS) is 2. The van der Waals surface area contributed by atoms with Crippen molar-refractivity contribution >= 4 is 11.9 Å². The van der Waals surface area contributed by atoms with Crippen LogP contribution >= 0.6 is 0 Å². The molecule has 7 heteroatoms. The molecule has 0 spiro atoms. The molecule has 0 saturated carbocycles. The van der Waals surface area contributed by atoms with E-state index in [0.717, 1.165) is 26.3 Å². The van der Waals surface area contributed by atoms with Crippen LogP contribution in [0, 0.1) is 0 Å². The van der Waals surface area contributed by atoms with Crippen LogP contribution in [0.25, 0.3) is 0 Å². The summed E-state index contributed by atoms with van der Waals surface area (Å²) in [6.45, 7) is 3.83. The Morgan fingerprint density at radius 2 is 1.64 bits per heavy atom. The van der Waals surface area contributed by atoms with Gasteiger partial charge >= 0.3 is 63.3 Å². The molecular formula is C7H14KNO5. The average molecular weight is 231 g/mol. The third-order valence-corrected chi connectivity index (χ3v) is 1.15. The van der Waals surface area contributed by atoms with Crippen molar-refractivity contribution in [2.75, 3.05) is 26.3 Å². The molecule has 3 N–H and O–H groups in total. The zero-order valence-electron chi connectivity index (χ0n) is 9.15. The molecule has 0 aromatic rings. The minimum absolute atomic E-state index is 0. The van der Waals surface area contributed by atoms with Crippen molar-refractivity contribution in [1.82, 2.24) is 5.32 Å². The quantitative estimate of drug-likeness (QED) is 0.334. The first-order valence-corrected chi connectivity index (χ1v) is 3.85. The van der Waals surface area contributed by atoms with Crippen molar-refractivity contribution in [3.8, 4) is 0 Å². The van der Waals surface area contributed by atoms with Crippen molar-refractivity contribution < 1.29 is 77.4 Å². The summed E-state index contributed by atoms with van der Waals surface area (Å²) in [5.41, 5.74) is 0. The summed E-state index contributed by atoms with van der Waals surface area (Å²) in [7, 11) is 0. The van der Waals surface area contributed by atoms with Crippen LogP contribution in [-0.2, 0) is 14.3 Å². The Morgan fingerprint density at radius 1 is 1.21 bits per heavy atom. The number of aliphatic carboxylic acids is 2. The van der Waals surface area contributed by atoms with Crippen LogP contribution in [-0.4, -0.2) is 48.5 Å². The van der Waals surface area contributed by atoms with E-state index >= 15 is 0 Å². The maximum atomic E-state index is 9.43. The van der Waals surface area contributed by atoms with Gasteiger partial charge in [-0.15, -0.1) is 0 Å². The fraction of sp³-hybridized carbons (Fsp3) is 0.714. The van der Waals surface area contributed by atoms with Gasteiger partial charge in [0.1, 0.15) is 6.42 Å². The minimum atomic E-state index is -1.31. The Hall–Kier alpha value is 0.496. The van der Waals surface area contributed by atoms with Crippen LogP contribution in [0.4, 0.5) is 0 Å². The maximum Gasteiger partial charge on any atom is 1.00 e. The Bertz CT molecular complexity index is 153. The monoisotopic (exact) mass is 231 g/mol. The molecule has 0 bridgehead atoms. The van der Waals surface area contributed by atoms with Crippen LogP contribution in [0.1, 0.15) is 7.85 Å². The number of hydrogen-bond acceptors (Lipinski definition) is 4. The number of ether oxygens (including phenoxy) is 1. The van der Waals surface area contributed by atoms with Gasteiger partial charge in [-0.3, -0.25) is 9.59 Å². The first kappa shape index (κ1) is 16.9. The SMILES string of the molecule is C1COCCN1.O=C(O)CC(=O)O.[H-].[K+]. The zero-order valence-corrected chi connectivity index (χ0v) is 11.3. The molecule has 0 aromatic carbocycles. The summed E-state index contributed by atoms with van der Waals surface area (Å²) < 4.78 is 5.01. The van der Waals surface area contributed by atoms with E-state index in [0.29, 0.717) is 0 Å². The van der Waals surface area contributed by atoms with E-state index in [-0.39, 0.29) is 52.8 Å². The summed E-state index contributed by atoms with van der Waals surface area (Å²) in [5, 5.41) is 18.6. The minimum Gasteiger partial charge on any atom is -1.00 e. The fourth-order valence-corrected chi connectivity index (χ4v) is 0.645. The number of hydrogen-bond donors (Lipinski definition) is 3. The summed E-state index contributed by atoms with van der Waals surface area (Å²) >= 11 is 0. The standard InChI is InChI=1S/C4H9NO.C3H4O4.K.H/c1-3-6-4-2-5-1;4-2(5)1-3(6)7;;/h5H,1-4H2;1H2,(H,4,5)(H,6,7);;/q;;+1;-1. The molecule has 1 heterocycles. The van der Waals surface area contributed by atoms with Gasteiger partial charge in [-0.1, -0.05) is 0 Å². The molecule has 14 heavy (non-hydrogen) atoms. The van der Waals surface area contributed by atoms with E-state index < -0.39 is 18.4 Å². The van der Waals surface area contributed by atoms with Gasteiger partial charge < -0.3 is 21.7 Å². The predicted octanol–water partition coefficient (Wildman–Crippen LogP) is -3.73. The molecule has 78 valence electrons. The Balaban J connectivity index is -0.000000170. The summed E-state index contributed by atoms with van der Waals surface area (Å²) in [4.78, 5) is 18.9. The van der Waals surface area contributed by atoms with Crippen LogP contribution in [0.3, 0.4) is 0 Å². The molecule has 0 atom stereocenters.